The van der Waals surface area contributed by atoms with Crippen molar-refractivity contribution in [2.24, 2.45) is 11.3 Å². The van der Waals surface area contributed by atoms with Crippen LogP contribution < -0.4 is 5.32 Å². The number of likely N-dealkylation sites (N-methyl/N-ethyl adjacent to an activating group) is 1. The van der Waals surface area contributed by atoms with Crippen LogP contribution in [-0.4, -0.2) is 36.6 Å². The highest BCUT2D eigenvalue weighted by Crippen LogP contribution is 2.40. The van der Waals surface area contributed by atoms with E-state index in [4.69, 9.17) is 0 Å². The van der Waals surface area contributed by atoms with Crippen LogP contribution in [0.4, 0.5) is 0 Å². The van der Waals surface area contributed by atoms with Crippen molar-refractivity contribution in [1.82, 2.24) is 10.2 Å². The van der Waals surface area contributed by atoms with Crippen LogP contribution in [0.3, 0.4) is 0 Å². The van der Waals surface area contributed by atoms with Crippen molar-refractivity contribution in [2.75, 3.05) is 19.6 Å². The molecular formula is C16H32N2. The fourth-order valence-corrected chi connectivity index (χ4v) is 4.31. The molecular weight excluding hydrogens is 220 g/mol. The third kappa shape index (κ3) is 3.71. The Labute approximate surface area is 114 Å². The second-order valence-corrected chi connectivity index (χ2v) is 7.45. The number of nitrogens with one attached hydrogen (secondary N) is 1. The fraction of sp³-hybridized carbons (Fsp3) is 1.00. The Morgan fingerprint density at radius 3 is 2.61 bits per heavy atom. The van der Waals surface area contributed by atoms with E-state index in [1.165, 1.54) is 51.7 Å². The highest BCUT2D eigenvalue weighted by atomic mass is 15.2. The maximum absolute atomic E-state index is 3.65. The normalized spacial score (nSPS) is 36.2. The van der Waals surface area contributed by atoms with Gasteiger partial charge in [-0.2, -0.15) is 0 Å². The molecule has 1 aliphatic heterocycles. The topological polar surface area (TPSA) is 15.3 Å². The number of nitrogens with zero attached hydrogens (tertiary/aromatic N) is 1. The van der Waals surface area contributed by atoms with E-state index >= 15 is 0 Å². The van der Waals surface area contributed by atoms with Gasteiger partial charge in [0.1, 0.15) is 0 Å². The summed E-state index contributed by atoms with van der Waals surface area (Å²) in [5.74, 6) is 0.893. The molecule has 18 heavy (non-hydrogen) atoms. The summed E-state index contributed by atoms with van der Waals surface area (Å²) >= 11 is 0. The van der Waals surface area contributed by atoms with Crippen molar-refractivity contribution in [3.63, 3.8) is 0 Å². The van der Waals surface area contributed by atoms with Gasteiger partial charge in [-0.15, -0.1) is 0 Å². The quantitative estimate of drug-likeness (QED) is 0.826. The van der Waals surface area contributed by atoms with Gasteiger partial charge in [0.05, 0.1) is 0 Å². The van der Waals surface area contributed by atoms with E-state index < -0.39 is 0 Å². The molecule has 1 saturated heterocycles. The molecule has 2 rings (SSSR count). The minimum atomic E-state index is 0.541. The van der Waals surface area contributed by atoms with E-state index in [2.05, 4.69) is 37.9 Å². The molecule has 1 aliphatic carbocycles. The van der Waals surface area contributed by atoms with Gasteiger partial charge in [0.15, 0.2) is 0 Å². The highest BCUT2D eigenvalue weighted by molar-refractivity contribution is 4.89. The molecule has 0 bridgehead atoms. The summed E-state index contributed by atoms with van der Waals surface area (Å²) in [4.78, 5) is 2.75. The summed E-state index contributed by atoms with van der Waals surface area (Å²) in [5, 5.41) is 3.65. The van der Waals surface area contributed by atoms with Crippen molar-refractivity contribution in [3.8, 4) is 0 Å². The SMILES string of the molecule is CCN(CC1CCCN1)C1CC(C)CC(C)(C)C1. The predicted molar refractivity (Wildman–Crippen MR) is 78.9 cm³/mol. The molecule has 2 fully saturated rings. The molecule has 2 heteroatoms. The van der Waals surface area contributed by atoms with Crippen molar-refractivity contribution in [3.05, 3.63) is 0 Å². The minimum absolute atomic E-state index is 0.541. The van der Waals surface area contributed by atoms with E-state index in [-0.39, 0.29) is 0 Å². The Hall–Kier alpha value is -0.0800. The van der Waals surface area contributed by atoms with Crippen LogP contribution in [-0.2, 0) is 0 Å². The smallest absolute Gasteiger partial charge is 0.0195 e. The first-order valence-electron chi connectivity index (χ1n) is 7.97. The van der Waals surface area contributed by atoms with Gasteiger partial charge in [0, 0.05) is 18.6 Å². The number of hydrogen-bond donors (Lipinski definition) is 1. The first-order valence-corrected chi connectivity index (χ1v) is 7.97. The zero-order valence-electron chi connectivity index (χ0n) is 12.8. The van der Waals surface area contributed by atoms with Crippen LogP contribution in [0, 0.1) is 11.3 Å². The lowest BCUT2D eigenvalue weighted by Gasteiger charge is -2.44. The van der Waals surface area contributed by atoms with Gasteiger partial charge in [-0.3, -0.25) is 4.90 Å². The summed E-state index contributed by atoms with van der Waals surface area (Å²) in [6.07, 6.45) is 6.95. The van der Waals surface area contributed by atoms with Gasteiger partial charge in [0.25, 0.3) is 0 Å². The zero-order chi connectivity index (χ0) is 13.2. The third-order valence-electron chi connectivity index (χ3n) is 4.90. The summed E-state index contributed by atoms with van der Waals surface area (Å²) in [6.45, 7) is 13.4. The predicted octanol–water partition coefficient (Wildman–Crippen LogP) is 3.28. The second-order valence-electron chi connectivity index (χ2n) is 7.45. The largest absolute Gasteiger partial charge is 0.313 e. The van der Waals surface area contributed by atoms with E-state index in [0.717, 1.165) is 18.0 Å². The fourth-order valence-electron chi connectivity index (χ4n) is 4.31. The average Bonchev–Trinajstić information content (AvgIpc) is 2.75. The van der Waals surface area contributed by atoms with Crippen LogP contribution >= 0.6 is 0 Å². The molecule has 106 valence electrons. The van der Waals surface area contributed by atoms with Gasteiger partial charge < -0.3 is 5.32 Å². The molecule has 0 spiro atoms. The molecule has 1 saturated carbocycles. The van der Waals surface area contributed by atoms with Crippen LogP contribution in [0.25, 0.3) is 0 Å². The highest BCUT2D eigenvalue weighted by Gasteiger charge is 2.35. The van der Waals surface area contributed by atoms with E-state index in [0.29, 0.717) is 5.41 Å². The summed E-state index contributed by atoms with van der Waals surface area (Å²) in [7, 11) is 0. The first kappa shape index (κ1) is 14.3. The summed E-state index contributed by atoms with van der Waals surface area (Å²) < 4.78 is 0. The van der Waals surface area contributed by atoms with Crippen LogP contribution in [0.15, 0.2) is 0 Å². The van der Waals surface area contributed by atoms with Crippen LogP contribution in [0.1, 0.15) is 59.8 Å². The summed E-state index contributed by atoms with van der Waals surface area (Å²) in [5.41, 5.74) is 0.541. The monoisotopic (exact) mass is 252 g/mol. The standard InChI is InChI=1S/C16H32N2/c1-5-18(12-14-7-6-8-17-14)15-9-13(2)10-16(3,4)11-15/h13-15,17H,5-12H2,1-4H3. The molecule has 0 aromatic rings. The molecule has 3 atom stereocenters. The molecule has 0 amide bonds. The van der Waals surface area contributed by atoms with Crippen molar-refractivity contribution in [2.45, 2.75) is 71.9 Å². The Bertz CT molecular complexity index is 256. The van der Waals surface area contributed by atoms with Gasteiger partial charge in [-0.1, -0.05) is 27.7 Å². The molecule has 3 unspecified atom stereocenters. The lowest BCUT2D eigenvalue weighted by molar-refractivity contribution is 0.0651. The molecule has 1 N–H and O–H groups in total. The minimum Gasteiger partial charge on any atom is -0.313 e. The zero-order valence-corrected chi connectivity index (χ0v) is 12.8. The Balaban J connectivity index is 1.93. The molecule has 2 aliphatic rings. The average molecular weight is 252 g/mol. The first-order chi connectivity index (χ1) is 8.50. The molecule has 0 aromatic carbocycles. The third-order valence-corrected chi connectivity index (χ3v) is 4.90. The van der Waals surface area contributed by atoms with Gasteiger partial charge in [0.2, 0.25) is 0 Å². The number of hydrogen-bond acceptors (Lipinski definition) is 2. The van der Waals surface area contributed by atoms with E-state index in [9.17, 15) is 0 Å². The molecule has 2 nitrogen and oxygen atoms in total. The lowest BCUT2D eigenvalue weighted by Crippen LogP contribution is -2.47. The van der Waals surface area contributed by atoms with Gasteiger partial charge in [-0.05, 0) is 56.5 Å². The molecule has 0 aromatic heterocycles. The Morgan fingerprint density at radius 2 is 2.06 bits per heavy atom. The Kier molecular flexibility index (Phi) is 4.71. The maximum atomic E-state index is 3.65. The second kappa shape index (κ2) is 5.92. The molecule has 1 heterocycles. The van der Waals surface area contributed by atoms with Crippen molar-refractivity contribution >= 4 is 0 Å². The van der Waals surface area contributed by atoms with Gasteiger partial charge >= 0.3 is 0 Å². The maximum Gasteiger partial charge on any atom is 0.0195 e. The van der Waals surface area contributed by atoms with Gasteiger partial charge in [-0.25, -0.2) is 0 Å². The van der Waals surface area contributed by atoms with E-state index in [1.54, 1.807) is 0 Å². The Morgan fingerprint density at radius 1 is 1.28 bits per heavy atom. The van der Waals surface area contributed by atoms with Crippen molar-refractivity contribution < 1.29 is 0 Å². The van der Waals surface area contributed by atoms with Crippen LogP contribution in [0.5, 0.6) is 0 Å². The summed E-state index contributed by atoms with van der Waals surface area (Å²) in [6, 6.07) is 1.57. The van der Waals surface area contributed by atoms with Crippen LogP contribution in [0.2, 0.25) is 0 Å². The number of rotatable bonds is 4. The van der Waals surface area contributed by atoms with Crippen molar-refractivity contribution in [1.29, 1.82) is 0 Å². The lowest BCUT2D eigenvalue weighted by atomic mass is 9.70. The molecule has 0 radical (unpaired) electrons. The van der Waals surface area contributed by atoms with E-state index in [1.807, 2.05) is 0 Å².